The molecular weight excluding hydrogens is 296 g/mol. The van der Waals surface area contributed by atoms with Gasteiger partial charge >= 0.3 is 0 Å². The molecule has 1 rings (SSSR count). The fraction of sp³-hybridized carbons (Fsp3) is 0.462. The van der Waals surface area contributed by atoms with E-state index >= 15 is 0 Å². The van der Waals surface area contributed by atoms with Crippen molar-refractivity contribution in [1.82, 2.24) is 10.2 Å². The van der Waals surface area contributed by atoms with Crippen LogP contribution < -0.4 is 10.1 Å². The van der Waals surface area contributed by atoms with Crippen LogP contribution in [0.4, 0.5) is 0 Å². The molecule has 0 unspecified atom stereocenters. The Bertz CT molecular complexity index is 410. The molecule has 0 atom stereocenters. The number of rotatable bonds is 6. The second-order valence-corrected chi connectivity index (χ2v) is 4.81. The van der Waals surface area contributed by atoms with E-state index in [1.165, 1.54) is 0 Å². The first-order valence-corrected chi connectivity index (χ1v) is 6.68. The summed E-state index contributed by atoms with van der Waals surface area (Å²) >= 11 is 3.44. The molecule has 100 valence electrons. The molecule has 1 aromatic carbocycles. The number of nitrogens with zero attached hydrogens (tertiary/aromatic N) is 1. The Hall–Kier alpha value is -1.07. The van der Waals surface area contributed by atoms with Crippen molar-refractivity contribution in [2.45, 2.75) is 13.5 Å². The number of carbonyl (C=O) groups excluding carboxylic acids is 1. The first-order valence-electron chi connectivity index (χ1n) is 5.88. The minimum absolute atomic E-state index is 0.0244. The van der Waals surface area contributed by atoms with Gasteiger partial charge in [0.1, 0.15) is 5.75 Å². The Morgan fingerprint density at radius 2 is 2.22 bits per heavy atom. The third-order valence-electron chi connectivity index (χ3n) is 2.66. The van der Waals surface area contributed by atoms with Crippen LogP contribution in [0.2, 0.25) is 0 Å². The lowest BCUT2D eigenvalue weighted by molar-refractivity contribution is -0.131. The number of hydrogen-bond acceptors (Lipinski definition) is 3. The van der Waals surface area contributed by atoms with Gasteiger partial charge in [0.25, 0.3) is 5.91 Å². The predicted molar refractivity (Wildman–Crippen MR) is 75.7 cm³/mol. The van der Waals surface area contributed by atoms with Crippen LogP contribution in [-0.2, 0) is 11.3 Å². The summed E-state index contributed by atoms with van der Waals surface area (Å²) in [5, 5.41) is 3.08. The largest absolute Gasteiger partial charge is 0.482 e. The van der Waals surface area contributed by atoms with Gasteiger partial charge in [-0.1, -0.05) is 12.1 Å². The summed E-state index contributed by atoms with van der Waals surface area (Å²) in [5.74, 6) is 0.702. The molecule has 0 spiro atoms. The second kappa shape index (κ2) is 7.38. The monoisotopic (exact) mass is 314 g/mol. The lowest BCUT2D eigenvalue weighted by Gasteiger charge is -2.17. The number of likely N-dealkylation sites (N-methyl/N-ethyl adjacent to an activating group) is 1. The van der Waals surface area contributed by atoms with Crippen LogP contribution in [0, 0.1) is 0 Å². The molecule has 1 aromatic rings. The zero-order valence-corrected chi connectivity index (χ0v) is 12.6. The number of para-hydroxylation sites is 1. The molecule has 4 nitrogen and oxygen atoms in total. The highest BCUT2D eigenvalue weighted by Gasteiger charge is 2.11. The standard InChI is InChI=1S/C13H19BrN2O2/c1-4-16(3)12(17)9-18-13-10(8-15-2)6-5-7-11(13)14/h5-7,15H,4,8-9H2,1-3H3. The van der Waals surface area contributed by atoms with Crippen LogP contribution in [0.1, 0.15) is 12.5 Å². The van der Waals surface area contributed by atoms with Gasteiger partial charge in [0, 0.05) is 25.7 Å². The molecule has 0 aromatic heterocycles. The Balaban J connectivity index is 2.74. The third-order valence-corrected chi connectivity index (χ3v) is 3.28. The molecule has 1 amide bonds. The van der Waals surface area contributed by atoms with Crippen LogP contribution in [-0.4, -0.2) is 38.1 Å². The van der Waals surface area contributed by atoms with Crippen LogP contribution in [0.15, 0.2) is 22.7 Å². The highest BCUT2D eigenvalue weighted by atomic mass is 79.9. The molecule has 1 N–H and O–H groups in total. The first kappa shape index (κ1) is 15.0. The Kier molecular flexibility index (Phi) is 6.15. The average Bonchev–Trinajstić information content (AvgIpc) is 2.37. The number of ether oxygens (including phenoxy) is 1. The molecule has 0 saturated carbocycles. The van der Waals surface area contributed by atoms with Crippen LogP contribution in [0.5, 0.6) is 5.75 Å². The van der Waals surface area contributed by atoms with E-state index in [-0.39, 0.29) is 12.5 Å². The summed E-state index contributed by atoms with van der Waals surface area (Å²) in [7, 11) is 3.64. The zero-order valence-electron chi connectivity index (χ0n) is 11.0. The van der Waals surface area contributed by atoms with Gasteiger partial charge in [-0.3, -0.25) is 4.79 Å². The number of hydrogen-bond donors (Lipinski definition) is 1. The highest BCUT2D eigenvalue weighted by molar-refractivity contribution is 9.10. The quantitative estimate of drug-likeness (QED) is 0.873. The summed E-state index contributed by atoms with van der Waals surface area (Å²) < 4.78 is 6.49. The van der Waals surface area contributed by atoms with Crippen molar-refractivity contribution in [3.8, 4) is 5.75 Å². The second-order valence-electron chi connectivity index (χ2n) is 3.96. The fourth-order valence-corrected chi connectivity index (χ4v) is 1.99. The molecule has 0 aliphatic carbocycles. The SMILES string of the molecule is CCN(C)C(=O)COc1c(Br)cccc1CNC. The van der Waals surface area contributed by atoms with E-state index in [1.54, 1.807) is 11.9 Å². The Labute approximate surface area is 116 Å². The summed E-state index contributed by atoms with van der Waals surface area (Å²) in [5.41, 5.74) is 1.03. The van der Waals surface area contributed by atoms with E-state index < -0.39 is 0 Å². The summed E-state index contributed by atoms with van der Waals surface area (Å²) in [6.45, 7) is 3.38. The van der Waals surface area contributed by atoms with Gasteiger partial charge in [-0.25, -0.2) is 0 Å². The van der Waals surface area contributed by atoms with E-state index in [2.05, 4.69) is 21.2 Å². The third kappa shape index (κ3) is 3.99. The van der Waals surface area contributed by atoms with Gasteiger partial charge in [0.15, 0.2) is 6.61 Å². The maximum atomic E-state index is 11.7. The van der Waals surface area contributed by atoms with Gasteiger partial charge in [-0.15, -0.1) is 0 Å². The highest BCUT2D eigenvalue weighted by Crippen LogP contribution is 2.29. The molecule has 18 heavy (non-hydrogen) atoms. The van der Waals surface area contributed by atoms with Crippen molar-refractivity contribution in [2.75, 3.05) is 27.2 Å². The molecule has 0 bridgehead atoms. The molecule has 0 heterocycles. The molecule has 5 heteroatoms. The van der Waals surface area contributed by atoms with E-state index in [4.69, 9.17) is 4.74 Å². The Morgan fingerprint density at radius 1 is 1.50 bits per heavy atom. The molecule has 0 saturated heterocycles. The van der Waals surface area contributed by atoms with E-state index in [1.807, 2.05) is 32.2 Å². The summed E-state index contributed by atoms with van der Waals surface area (Å²) in [4.78, 5) is 13.3. The topological polar surface area (TPSA) is 41.6 Å². The normalized spacial score (nSPS) is 10.2. The van der Waals surface area contributed by atoms with Crippen molar-refractivity contribution in [3.63, 3.8) is 0 Å². The van der Waals surface area contributed by atoms with Crippen molar-refractivity contribution >= 4 is 21.8 Å². The molecule has 0 radical (unpaired) electrons. The minimum atomic E-state index is -0.0244. The molecule has 0 fully saturated rings. The zero-order chi connectivity index (χ0) is 13.5. The smallest absolute Gasteiger partial charge is 0.260 e. The van der Waals surface area contributed by atoms with Crippen molar-refractivity contribution in [3.05, 3.63) is 28.2 Å². The fourth-order valence-electron chi connectivity index (χ4n) is 1.47. The van der Waals surface area contributed by atoms with E-state index in [0.717, 1.165) is 15.8 Å². The molecule has 0 aliphatic heterocycles. The van der Waals surface area contributed by atoms with Gasteiger partial charge in [-0.2, -0.15) is 0 Å². The van der Waals surface area contributed by atoms with Gasteiger partial charge in [0.2, 0.25) is 0 Å². The molecule has 0 aliphatic rings. The van der Waals surface area contributed by atoms with Crippen LogP contribution >= 0.6 is 15.9 Å². The maximum absolute atomic E-state index is 11.7. The number of amides is 1. The lowest BCUT2D eigenvalue weighted by atomic mass is 10.2. The summed E-state index contributed by atoms with van der Waals surface area (Å²) in [6.07, 6.45) is 0. The number of halogens is 1. The van der Waals surface area contributed by atoms with E-state index in [9.17, 15) is 4.79 Å². The van der Waals surface area contributed by atoms with Crippen molar-refractivity contribution in [2.24, 2.45) is 0 Å². The number of nitrogens with one attached hydrogen (secondary N) is 1. The molecular formula is C13H19BrN2O2. The number of benzene rings is 1. The predicted octanol–water partition coefficient (Wildman–Crippen LogP) is 2.03. The average molecular weight is 315 g/mol. The van der Waals surface area contributed by atoms with E-state index in [0.29, 0.717) is 13.1 Å². The maximum Gasteiger partial charge on any atom is 0.260 e. The first-order chi connectivity index (χ1) is 8.60. The summed E-state index contributed by atoms with van der Waals surface area (Å²) in [6, 6.07) is 5.83. The minimum Gasteiger partial charge on any atom is -0.482 e. The Morgan fingerprint density at radius 3 is 2.83 bits per heavy atom. The lowest BCUT2D eigenvalue weighted by Crippen LogP contribution is -2.31. The van der Waals surface area contributed by atoms with Gasteiger partial charge in [0.05, 0.1) is 4.47 Å². The number of carbonyl (C=O) groups is 1. The van der Waals surface area contributed by atoms with Gasteiger partial charge < -0.3 is 15.0 Å². The van der Waals surface area contributed by atoms with Crippen molar-refractivity contribution in [1.29, 1.82) is 0 Å². The van der Waals surface area contributed by atoms with Crippen LogP contribution in [0.3, 0.4) is 0 Å². The van der Waals surface area contributed by atoms with Crippen molar-refractivity contribution < 1.29 is 9.53 Å². The van der Waals surface area contributed by atoms with Crippen LogP contribution in [0.25, 0.3) is 0 Å². The van der Waals surface area contributed by atoms with Gasteiger partial charge in [-0.05, 0) is 36.0 Å².